The highest BCUT2D eigenvalue weighted by Gasteiger charge is 2.33. The summed E-state index contributed by atoms with van der Waals surface area (Å²) in [5.74, 6) is 0.211. The molecule has 0 saturated carbocycles. The number of aliphatic hydroxyl groups is 2. The van der Waals surface area contributed by atoms with E-state index in [0.29, 0.717) is 18.8 Å². The summed E-state index contributed by atoms with van der Waals surface area (Å²) in [6.07, 6.45) is -2.64. The van der Waals surface area contributed by atoms with Crippen LogP contribution in [0.5, 0.6) is 5.88 Å². The molecule has 170 valence electrons. The Morgan fingerprint density at radius 1 is 1.35 bits per heavy atom. The van der Waals surface area contributed by atoms with E-state index >= 15 is 0 Å². The normalized spacial score (nSPS) is 17.1. The standard InChI is InChI=1S/C18H24FN5O5S2/c1-11-7-24(8-11)31(27,28)23-15-6-16(29-17(20)14(26)9-25)22-18(21-15)30-10-12-2-4-13(19)5-3-12/h2-6,11,14,17,25-26H,7-10,20H2,1H3,(H,21,22,23)/t14-,17-/m0/s1. The summed E-state index contributed by atoms with van der Waals surface area (Å²) < 4.78 is 47.1. The first-order valence-electron chi connectivity index (χ1n) is 9.41. The van der Waals surface area contributed by atoms with Crippen molar-refractivity contribution in [2.75, 3.05) is 24.4 Å². The van der Waals surface area contributed by atoms with Crippen LogP contribution in [-0.4, -0.2) is 64.9 Å². The molecule has 1 aromatic carbocycles. The zero-order valence-corrected chi connectivity index (χ0v) is 18.3. The summed E-state index contributed by atoms with van der Waals surface area (Å²) >= 11 is 1.18. The minimum Gasteiger partial charge on any atom is -0.456 e. The van der Waals surface area contributed by atoms with Crippen molar-refractivity contribution in [3.05, 3.63) is 41.7 Å². The molecule has 0 amide bonds. The van der Waals surface area contributed by atoms with E-state index in [1.807, 2.05) is 6.92 Å². The molecule has 3 rings (SSSR count). The van der Waals surface area contributed by atoms with Gasteiger partial charge in [-0.3, -0.25) is 10.5 Å². The van der Waals surface area contributed by atoms with Crippen molar-refractivity contribution in [3.63, 3.8) is 0 Å². The van der Waals surface area contributed by atoms with E-state index in [1.165, 1.54) is 34.3 Å². The summed E-state index contributed by atoms with van der Waals surface area (Å²) in [5, 5.41) is 18.8. The lowest BCUT2D eigenvalue weighted by atomic mass is 10.1. The predicted octanol–water partition coefficient (Wildman–Crippen LogP) is 0.533. The highest BCUT2D eigenvalue weighted by molar-refractivity contribution is 7.98. The summed E-state index contributed by atoms with van der Waals surface area (Å²) in [7, 11) is -3.80. The number of ether oxygens (including phenoxy) is 1. The van der Waals surface area contributed by atoms with Crippen LogP contribution in [0.25, 0.3) is 0 Å². The van der Waals surface area contributed by atoms with Gasteiger partial charge in [-0.05, 0) is 23.6 Å². The van der Waals surface area contributed by atoms with Gasteiger partial charge in [-0.2, -0.15) is 17.7 Å². The minimum absolute atomic E-state index is 0.0307. The SMILES string of the molecule is CC1CN(S(=O)(=O)Nc2cc(O[C@H](N)[C@@H](O)CO)nc(SCc3ccc(F)cc3)n2)C1. The van der Waals surface area contributed by atoms with Crippen LogP contribution in [0.4, 0.5) is 10.2 Å². The number of anilines is 1. The summed E-state index contributed by atoms with van der Waals surface area (Å²) in [4.78, 5) is 8.39. The second-order valence-corrected chi connectivity index (χ2v) is 9.76. The van der Waals surface area contributed by atoms with E-state index < -0.39 is 29.1 Å². The van der Waals surface area contributed by atoms with Gasteiger partial charge in [0, 0.05) is 24.9 Å². The second kappa shape index (κ2) is 10.1. The van der Waals surface area contributed by atoms with E-state index in [4.69, 9.17) is 15.6 Å². The Morgan fingerprint density at radius 3 is 2.65 bits per heavy atom. The Balaban J connectivity index is 1.79. The molecule has 1 fully saturated rings. The molecule has 2 atom stereocenters. The van der Waals surface area contributed by atoms with Crippen molar-refractivity contribution in [2.45, 2.75) is 30.2 Å². The molecule has 0 aliphatic carbocycles. The van der Waals surface area contributed by atoms with Crippen LogP contribution >= 0.6 is 11.8 Å². The van der Waals surface area contributed by atoms with Gasteiger partial charge in [-0.25, -0.2) is 9.37 Å². The first-order valence-corrected chi connectivity index (χ1v) is 11.8. The molecule has 0 spiro atoms. The fourth-order valence-electron chi connectivity index (χ4n) is 2.67. The third-order valence-electron chi connectivity index (χ3n) is 4.39. The summed E-state index contributed by atoms with van der Waals surface area (Å²) in [6.45, 7) is 2.14. The van der Waals surface area contributed by atoms with Crippen LogP contribution in [0.1, 0.15) is 12.5 Å². The number of aliphatic hydroxyl groups excluding tert-OH is 2. The molecule has 1 aliphatic rings. The zero-order valence-electron chi connectivity index (χ0n) is 16.7. The molecule has 31 heavy (non-hydrogen) atoms. The van der Waals surface area contributed by atoms with Gasteiger partial charge in [0.1, 0.15) is 17.7 Å². The molecule has 1 saturated heterocycles. The monoisotopic (exact) mass is 473 g/mol. The molecule has 0 bridgehead atoms. The van der Waals surface area contributed by atoms with Crippen molar-refractivity contribution >= 4 is 27.8 Å². The first-order chi connectivity index (χ1) is 14.7. The molecule has 2 aromatic rings. The van der Waals surface area contributed by atoms with E-state index in [0.717, 1.165) is 5.56 Å². The Morgan fingerprint density at radius 2 is 2.03 bits per heavy atom. The van der Waals surface area contributed by atoms with Gasteiger partial charge in [-0.1, -0.05) is 30.8 Å². The van der Waals surface area contributed by atoms with Crippen LogP contribution in [0.2, 0.25) is 0 Å². The Labute approximate surface area is 183 Å². The number of halogens is 1. The molecular formula is C18H24FN5O5S2. The van der Waals surface area contributed by atoms with E-state index in [9.17, 15) is 17.9 Å². The highest BCUT2D eigenvalue weighted by Crippen LogP contribution is 2.26. The highest BCUT2D eigenvalue weighted by atomic mass is 32.2. The molecule has 13 heteroatoms. The maximum atomic E-state index is 13.1. The molecule has 1 aliphatic heterocycles. The van der Waals surface area contributed by atoms with Crippen LogP contribution in [-0.2, 0) is 16.0 Å². The van der Waals surface area contributed by atoms with E-state index in [2.05, 4.69) is 14.7 Å². The van der Waals surface area contributed by atoms with Crippen LogP contribution in [0, 0.1) is 11.7 Å². The van der Waals surface area contributed by atoms with Crippen LogP contribution in [0.15, 0.2) is 35.5 Å². The van der Waals surface area contributed by atoms with Gasteiger partial charge in [0.2, 0.25) is 5.88 Å². The van der Waals surface area contributed by atoms with Crippen molar-refractivity contribution in [3.8, 4) is 5.88 Å². The van der Waals surface area contributed by atoms with Gasteiger partial charge in [0.05, 0.1) is 6.61 Å². The number of nitrogens with one attached hydrogen (secondary N) is 1. The largest absolute Gasteiger partial charge is 0.456 e. The average Bonchev–Trinajstić information content (AvgIpc) is 2.69. The molecular weight excluding hydrogens is 449 g/mol. The third kappa shape index (κ3) is 6.48. The molecule has 0 radical (unpaired) electrons. The van der Waals surface area contributed by atoms with Crippen molar-refractivity contribution in [1.82, 2.24) is 14.3 Å². The maximum absolute atomic E-state index is 13.1. The number of hydrogen-bond acceptors (Lipinski definition) is 9. The number of rotatable bonds is 10. The molecule has 5 N–H and O–H groups in total. The quantitative estimate of drug-likeness (QED) is 0.220. The number of nitrogens with zero attached hydrogens (tertiary/aromatic N) is 3. The van der Waals surface area contributed by atoms with Crippen LogP contribution in [0.3, 0.4) is 0 Å². The smallest absolute Gasteiger partial charge is 0.302 e. The Bertz CT molecular complexity index is 989. The Hall–Kier alpha value is -2.03. The minimum atomic E-state index is -3.80. The number of nitrogens with two attached hydrogens (primary N) is 1. The van der Waals surface area contributed by atoms with Crippen molar-refractivity contribution < 1.29 is 27.8 Å². The predicted molar refractivity (Wildman–Crippen MR) is 113 cm³/mol. The van der Waals surface area contributed by atoms with Gasteiger partial charge in [0.25, 0.3) is 0 Å². The average molecular weight is 474 g/mol. The van der Waals surface area contributed by atoms with E-state index in [1.54, 1.807) is 12.1 Å². The lowest BCUT2D eigenvalue weighted by Crippen LogP contribution is -2.50. The van der Waals surface area contributed by atoms with Gasteiger partial charge in [0.15, 0.2) is 11.4 Å². The Kier molecular flexibility index (Phi) is 7.67. The van der Waals surface area contributed by atoms with Crippen molar-refractivity contribution in [1.29, 1.82) is 0 Å². The molecule has 0 unspecified atom stereocenters. The topological polar surface area (TPSA) is 151 Å². The van der Waals surface area contributed by atoms with Crippen LogP contribution < -0.4 is 15.2 Å². The number of thioether (sulfide) groups is 1. The van der Waals surface area contributed by atoms with Crippen molar-refractivity contribution in [2.24, 2.45) is 11.7 Å². The van der Waals surface area contributed by atoms with Gasteiger partial charge in [-0.15, -0.1) is 0 Å². The van der Waals surface area contributed by atoms with Gasteiger partial charge < -0.3 is 14.9 Å². The van der Waals surface area contributed by atoms with E-state index in [-0.39, 0.29) is 28.6 Å². The summed E-state index contributed by atoms with van der Waals surface area (Å²) in [5.41, 5.74) is 6.49. The number of benzene rings is 1. The molecule has 2 heterocycles. The lowest BCUT2D eigenvalue weighted by Gasteiger charge is -2.35. The second-order valence-electron chi connectivity index (χ2n) is 7.15. The third-order valence-corrected chi connectivity index (χ3v) is 6.75. The van der Waals surface area contributed by atoms with Gasteiger partial charge >= 0.3 is 10.2 Å². The molecule has 10 nitrogen and oxygen atoms in total. The maximum Gasteiger partial charge on any atom is 0.302 e. The molecule has 1 aromatic heterocycles. The number of hydrogen-bond donors (Lipinski definition) is 4. The fraction of sp³-hybridized carbons (Fsp3) is 0.444. The zero-order chi connectivity index (χ0) is 22.6. The summed E-state index contributed by atoms with van der Waals surface area (Å²) in [6, 6.07) is 7.14. The number of aromatic nitrogens is 2. The lowest BCUT2D eigenvalue weighted by molar-refractivity contribution is 0.000278. The fourth-order valence-corrected chi connectivity index (χ4v) is 4.87. The first kappa shape index (κ1) is 23.6.